The number of hydrogen-bond donors (Lipinski definition) is 2. The number of carboxylic acid groups (broad SMARTS) is 1. The molecule has 0 bridgehead atoms. The van der Waals surface area contributed by atoms with Gasteiger partial charge in [-0.05, 0) is 30.3 Å². The van der Waals surface area contributed by atoms with E-state index < -0.39 is 23.6 Å². The molecule has 0 atom stereocenters. The molecular weight excluding hydrogens is 315 g/mol. The summed E-state index contributed by atoms with van der Waals surface area (Å²) in [6.07, 6.45) is -3.20. The number of anilines is 1. The van der Waals surface area contributed by atoms with Crippen LogP contribution >= 0.6 is 0 Å². The molecule has 9 heteroatoms. The molecule has 1 amide bonds. The Morgan fingerprint density at radius 2 is 1.83 bits per heavy atom. The number of benzene rings is 1. The third kappa shape index (κ3) is 4.31. The summed E-state index contributed by atoms with van der Waals surface area (Å²) in [4.78, 5) is 22.6. The summed E-state index contributed by atoms with van der Waals surface area (Å²) in [5, 5.41) is 15.1. The first-order chi connectivity index (χ1) is 10.8. The zero-order valence-corrected chi connectivity index (χ0v) is 11.7. The average molecular weight is 327 g/mol. The van der Waals surface area contributed by atoms with E-state index in [1.54, 1.807) is 0 Å². The van der Waals surface area contributed by atoms with Gasteiger partial charge in [0.15, 0.2) is 0 Å². The molecule has 122 valence electrons. The van der Waals surface area contributed by atoms with E-state index in [0.717, 1.165) is 28.9 Å². The van der Waals surface area contributed by atoms with E-state index in [-0.39, 0.29) is 24.3 Å². The second kappa shape index (κ2) is 6.51. The van der Waals surface area contributed by atoms with Crippen molar-refractivity contribution in [1.29, 1.82) is 0 Å². The predicted molar refractivity (Wildman–Crippen MR) is 73.9 cm³/mol. The number of amides is 1. The number of rotatable bonds is 5. The van der Waals surface area contributed by atoms with Gasteiger partial charge in [0.2, 0.25) is 5.91 Å². The molecule has 2 aromatic rings. The minimum Gasteiger partial charge on any atom is -0.477 e. The van der Waals surface area contributed by atoms with Gasteiger partial charge in [0, 0.05) is 18.3 Å². The number of aromatic carboxylic acids is 1. The topological polar surface area (TPSA) is 84.2 Å². The Labute approximate surface area is 128 Å². The first-order valence-electron chi connectivity index (χ1n) is 6.49. The van der Waals surface area contributed by atoms with Crippen molar-refractivity contribution in [1.82, 2.24) is 9.78 Å². The summed E-state index contributed by atoms with van der Waals surface area (Å²) in [6, 6.07) is 5.34. The predicted octanol–water partition coefficient (Wildman–Crippen LogP) is 2.63. The van der Waals surface area contributed by atoms with E-state index in [1.807, 2.05) is 0 Å². The van der Waals surface area contributed by atoms with Crippen molar-refractivity contribution < 1.29 is 27.9 Å². The molecule has 0 spiro atoms. The Morgan fingerprint density at radius 1 is 1.17 bits per heavy atom. The number of hydrogen-bond acceptors (Lipinski definition) is 3. The van der Waals surface area contributed by atoms with E-state index in [9.17, 15) is 22.8 Å². The molecule has 2 N–H and O–H groups in total. The van der Waals surface area contributed by atoms with Crippen molar-refractivity contribution in [2.75, 3.05) is 5.32 Å². The van der Waals surface area contributed by atoms with Gasteiger partial charge in [0.1, 0.15) is 5.69 Å². The number of carbonyl (C=O) groups is 2. The minimum atomic E-state index is -4.43. The van der Waals surface area contributed by atoms with Crippen molar-refractivity contribution in [2.45, 2.75) is 19.1 Å². The van der Waals surface area contributed by atoms with Crippen molar-refractivity contribution in [3.63, 3.8) is 0 Å². The highest BCUT2D eigenvalue weighted by Gasteiger charge is 2.29. The van der Waals surface area contributed by atoms with Gasteiger partial charge >= 0.3 is 12.1 Å². The highest BCUT2D eigenvalue weighted by atomic mass is 19.4. The maximum Gasteiger partial charge on any atom is 0.416 e. The SMILES string of the molecule is O=C(CCn1nccc1C(=O)O)Nc1ccc(C(F)(F)F)cc1. The maximum absolute atomic E-state index is 12.4. The monoisotopic (exact) mass is 327 g/mol. The van der Waals surface area contributed by atoms with Crippen molar-refractivity contribution in [3.05, 3.63) is 47.8 Å². The van der Waals surface area contributed by atoms with E-state index in [2.05, 4.69) is 10.4 Å². The zero-order valence-electron chi connectivity index (χ0n) is 11.7. The Morgan fingerprint density at radius 3 is 2.39 bits per heavy atom. The fraction of sp³-hybridized carbons (Fsp3) is 0.214. The van der Waals surface area contributed by atoms with E-state index in [4.69, 9.17) is 5.11 Å². The van der Waals surface area contributed by atoms with Gasteiger partial charge in [-0.3, -0.25) is 9.48 Å². The fourth-order valence-corrected chi connectivity index (χ4v) is 1.87. The van der Waals surface area contributed by atoms with Crippen LogP contribution in [0.1, 0.15) is 22.5 Å². The van der Waals surface area contributed by atoms with Crippen LogP contribution < -0.4 is 5.32 Å². The molecule has 0 saturated carbocycles. The Balaban J connectivity index is 1.92. The number of alkyl halides is 3. The first-order valence-corrected chi connectivity index (χ1v) is 6.49. The molecule has 0 unspecified atom stereocenters. The molecule has 0 aliphatic carbocycles. The summed E-state index contributed by atoms with van der Waals surface area (Å²) < 4.78 is 38.4. The van der Waals surface area contributed by atoms with Crippen LogP contribution in [0.4, 0.5) is 18.9 Å². The van der Waals surface area contributed by atoms with Crippen LogP contribution in [0.15, 0.2) is 36.5 Å². The zero-order chi connectivity index (χ0) is 17.0. The normalized spacial score (nSPS) is 11.3. The molecule has 2 rings (SSSR count). The van der Waals surface area contributed by atoms with Gasteiger partial charge in [-0.1, -0.05) is 0 Å². The number of aromatic nitrogens is 2. The molecule has 0 fully saturated rings. The lowest BCUT2D eigenvalue weighted by molar-refractivity contribution is -0.137. The maximum atomic E-state index is 12.4. The van der Waals surface area contributed by atoms with E-state index >= 15 is 0 Å². The van der Waals surface area contributed by atoms with Crippen LogP contribution in [0.3, 0.4) is 0 Å². The quantitative estimate of drug-likeness (QED) is 0.884. The van der Waals surface area contributed by atoms with Gasteiger partial charge in [-0.15, -0.1) is 0 Å². The number of carboxylic acids is 1. The molecule has 1 heterocycles. The van der Waals surface area contributed by atoms with Gasteiger partial charge < -0.3 is 10.4 Å². The molecule has 6 nitrogen and oxygen atoms in total. The third-order valence-corrected chi connectivity index (χ3v) is 2.98. The highest BCUT2D eigenvalue weighted by molar-refractivity contribution is 5.90. The largest absolute Gasteiger partial charge is 0.477 e. The van der Waals surface area contributed by atoms with Crippen molar-refractivity contribution in [2.24, 2.45) is 0 Å². The number of halogens is 3. The Hall–Kier alpha value is -2.84. The van der Waals surface area contributed by atoms with E-state index in [0.29, 0.717) is 0 Å². The van der Waals surface area contributed by atoms with E-state index in [1.165, 1.54) is 12.3 Å². The lowest BCUT2D eigenvalue weighted by atomic mass is 10.2. The second-order valence-corrected chi connectivity index (χ2v) is 4.62. The number of nitrogens with zero attached hydrogens (tertiary/aromatic N) is 2. The van der Waals surface area contributed by atoms with Crippen LogP contribution in [-0.4, -0.2) is 26.8 Å². The molecule has 0 aliphatic heterocycles. The fourth-order valence-electron chi connectivity index (χ4n) is 1.87. The number of carbonyl (C=O) groups excluding carboxylic acids is 1. The van der Waals surface area contributed by atoms with Crippen LogP contribution in [-0.2, 0) is 17.5 Å². The summed E-state index contributed by atoms with van der Waals surface area (Å²) >= 11 is 0. The standard InChI is InChI=1S/C14H12F3N3O3/c15-14(16,17)9-1-3-10(4-2-9)19-12(21)6-8-20-11(13(22)23)5-7-18-20/h1-5,7H,6,8H2,(H,19,21)(H,22,23). The summed E-state index contributed by atoms with van der Waals surface area (Å²) in [5.41, 5.74) is -0.632. The summed E-state index contributed by atoms with van der Waals surface area (Å²) in [7, 11) is 0. The van der Waals surface area contributed by atoms with Crippen LogP contribution in [0.25, 0.3) is 0 Å². The Bertz CT molecular complexity index is 708. The van der Waals surface area contributed by atoms with Crippen molar-refractivity contribution >= 4 is 17.6 Å². The lowest BCUT2D eigenvalue weighted by Crippen LogP contribution is -2.17. The van der Waals surface area contributed by atoms with Gasteiger partial charge in [-0.25, -0.2) is 4.79 Å². The molecule has 0 aliphatic rings. The number of aryl methyl sites for hydroxylation is 1. The lowest BCUT2D eigenvalue weighted by Gasteiger charge is -2.09. The summed E-state index contributed by atoms with van der Waals surface area (Å²) in [5.74, 6) is -1.62. The molecule has 0 saturated heterocycles. The minimum absolute atomic E-state index is 0.0428. The smallest absolute Gasteiger partial charge is 0.416 e. The second-order valence-electron chi connectivity index (χ2n) is 4.62. The molecule has 23 heavy (non-hydrogen) atoms. The van der Waals surface area contributed by atoms with Crippen molar-refractivity contribution in [3.8, 4) is 0 Å². The van der Waals surface area contributed by atoms with Crippen LogP contribution in [0, 0.1) is 0 Å². The van der Waals surface area contributed by atoms with Gasteiger partial charge in [0.25, 0.3) is 0 Å². The van der Waals surface area contributed by atoms with Gasteiger partial charge in [0.05, 0.1) is 12.1 Å². The molecule has 0 radical (unpaired) electrons. The van der Waals surface area contributed by atoms with Crippen LogP contribution in [0.5, 0.6) is 0 Å². The number of nitrogens with one attached hydrogen (secondary N) is 1. The summed E-state index contributed by atoms with van der Waals surface area (Å²) in [6.45, 7) is 0.0428. The molecular formula is C14H12F3N3O3. The highest BCUT2D eigenvalue weighted by Crippen LogP contribution is 2.29. The Kier molecular flexibility index (Phi) is 4.68. The molecule has 1 aromatic carbocycles. The average Bonchev–Trinajstić information content (AvgIpc) is 2.93. The first kappa shape index (κ1) is 16.5. The third-order valence-electron chi connectivity index (χ3n) is 2.98. The molecule has 1 aromatic heterocycles. The van der Waals surface area contributed by atoms with Gasteiger partial charge in [-0.2, -0.15) is 18.3 Å². The van der Waals surface area contributed by atoms with Crippen LogP contribution in [0.2, 0.25) is 0 Å².